The fourth-order valence-corrected chi connectivity index (χ4v) is 4.36. The maximum atomic E-state index is 11.8. The van der Waals surface area contributed by atoms with E-state index in [0.717, 1.165) is 12.1 Å². The van der Waals surface area contributed by atoms with Crippen molar-refractivity contribution in [2.24, 2.45) is 5.41 Å². The number of carbonyl (C=O) groups is 1. The number of hydrogen-bond acceptors (Lipinski definition) is 3. The predicted octanol–water partition coefficient (Wildman–Crippen LogP) is 5.32. The molecular formula is C21H31NO3. The first kappa shape index (κ1) is 18.2. The fraction of sp³-hybridized carbons (Fsp3) is 0.667. The van der Waals surface area contributed by atoms with E-state index in [4.69, 9.17) is 9.47 Å². The Morgan fingerprint density at radius 1 is 1.04 bits per heavy atom. The average Bonchev–Trinajstić information content (AvgIpc) is 2.56. The summed E-state index contributed by atoms with van der Waals surface area (Å²) in [5.41, 5.74) is 2.26. The van der Waals surface area contributed by atoms with E-state index >= 15 is 0 Å². The van der Waals surface area contributed by atoms with Crippen LogP contribution in [0.4, 0.5) is 10.5 Å². The topological polar surface area (TPSA) is 47.6 Å². The quantitative estimate of drug-likeness (QED) is 0.804. The summed E-state index contributed by atoms with van der Waals surface area (Å²) in [5.74, 6) is 0. The highest BCUT2D eigenvalue weighted by Gasteiger charge is 2.48. The first-order valence-electron chi connectivity index (χ1n) is 9.37. The van der Waals surface area contributed by atoms with Gasteiger partial charge in [-0.15, -0.1) is 0 Å². The Morgan fingerprint density at radius 3 is 2.08 bits per heavy atom. The molecule has 3 fully saturated rings. The summed E-state index contributed by atoms with van der Waals surface area (Å²) in [5, 5.41) is 2.80. The number of methoxy groups -OCH3 is 1. The van der Waals surface area contributed by atoms with Crippen LogP contribution in [0.1, 0.15) is 64.9 Å². The summed E-state index contributed by atoms with van der Waals surface area (Å²) in [7, 11) is 1.87. The van der Waals surface area contributed by atoms with Crippen molar-refractivity contribution < 1.29 is 14.3 Å². The van der Waals surface area contributed by atoms with Gasteiger partial charge in [0.15, 0.2) is 0 Å². The van der Waals surface area contributed by atoms with Gasteiger partial charge in [-0.25, -0.2) is 4.79 Å². The number of amides is 1. The van der Waals surface area contributed by atoms with Crippen LogP contribution in [0.5, 0.6) is 0 Å². The van der Waals surface area contributed by atoms with Gasteiger partial charge in [-0.1, -0.05) is 12.1 Å². The number of hydrogen-bond donors (Lipinski definition) is 1. The smallest absolute Gasteiger partial charge is 0.412 e. The number of fused-ring (bicyclic) bond motifs is 3. The van der Waals surface area contributed by atoms with E-state index in [1.165, 1.54) is 44.1 Å². The number of nitrogens with one attached hydrogen (secondary N) is 1. The Bertz CT molecular complexity index is 590. The molecule has 4 heteroatoms. The summed E-state index contributed by atoms with van der Waals surface area (Å²) in [6.07, 6.45) is 8.09. The Kier molecular flexibility index (Phi) is 4.84. The molecule has 1 aromatic carbocycles. The lowest BCUT2D eigenvalue weighted by Gasteiger charge is -2.53. The first-order valence-corrected chi connectivity index (χ1v) is 9.37. The molecule has 138 valence electrons. The molecule has 0 spiro atoms. The van der Waals surface area contributed by atoms with Crippen LogP contribution in [0.15, 0.2) is 24.3 Å². The van der Waals surface area contributed by atoms with Gasteiger partial charge in [0.25, 0.3) is 0 Å². The number of carbonyl (C=O) groups excluding carboxylic acids is 1. The zero-order chi connectivity index (χ0) is 18.1. The van der Waals surface area contributed by atoms with E-state index in [2.05, 4.69) is 17.4 Å². The summed E-state index contributed by atoms with van der Waals surface area (Å²) in [4.78, 5) is 11.8. The molecule has 0 aliphatic heterocycles. The minimum Gasteiger partial charge on any atom is -0.444 e. The SMILES string of the molecule is COC12CCC(Cc3ccc(NC(=O)OC(C)(C)C)cc3)(CC1)CC2. The summed E-state index contributed by atoms with van der Waals surface area (Å²) in [6.45, 7) is 5.59. The molecule has 0 radical (unpaired) electrons. The highest BCUT2D eigenvalue weighted by Crippen LogP contribution is 2.55. The monoisotopic (exact) mass is 345 g/mol. The zero-order valence-electron chi connectivity index (χ0n) is 16.0. The van der Waals surface area contributed by atoms with Crippen LogP contribution < -0.4 is 5.32 Å². The molecule has 4 nitrogen and oxygen atoms in total. The Morgan fingerprint density at radius 2 is 1.60 bits per heavy atom. The van der Waals surface area contributed by atoms with Gasteiger partial charge in [0.2, 0.25) is 0 Å². The molecule has 4 rings (SSSR count). The van der Waals surface area contributed by atoms with Crippen LogP contribution >= 0.6 is 0 Å². The average molecular weight is 345 g/mol. The second-order valence-electron chi connectivity index (χ2n) is 8.89. The van der Waals surface area contributed by atoms with E-state index in [9.17, 15) is 4.79 Å². The second-order valence-corrected chi connectivity index (χ2v) is 8.89. The normalized spacial score (nSPS) is 28.6. The van der Waals surface area contributed by atoms with E-state index in [-0.39, 0.29) is 5.60 Å². The van der Waals surface area contributed by atoms with Crippen molar-refractivity contribution in [2.75, 3.05) is 12.4 Å². The highest BCUT2D eigenvalue weighted by atomic mass is 16.6. The molecule has 3 aliphatic rings. The molecule has 0 saturated heterocycles. The highest BCUT2D eigenvalue weighted by molar-refractivity contribution is 5.84. The minimum atomic E-state index is -0.484. The van der Waals surface area contributed by atoms with Crippen molar-refractivity contribution >= 4 is 11.8 Å². The van der Waals surface area contributed by atoms with E-state index in [1.807, 2.05) is 40.0 Å². The fourth-order valence-electron chi connectivity index (χ4n) is 4.36. The molecular weight excluding hydrogens is 314 g/mol. The van der Waals surface area contributed by atoms with Gasteiger partial charge in [-0.3, -0.25) is 5.32 Å². The van der Waals surface area contributed by atoms with E-state index in [1.54, 1.807) is 0 Å². The van der Waals surface area contributed by atoms with E-state index in [0.29, 0.717) is 5.41 Å². The first-order chi connectivity index (χ1) is 11.7. The lowest BCUT2D eigenvalue weighted by Crippen LogP contribution is -2.47. The molecule has 2 bridgehead atoms. The summed E-state index contributed by atoms with van der Waals surface area (Å²) < 4.78 is 11.1. The maximum absolute atomic E-state index is 11.8. The second kappa shape index (κ2) is 6.64. The summed E-state index contributed by atoms with van der Waals surface area (Å²) >= 11 is 0. The zero-order valence-corrected chi connectivity index (χ0v) is 16.0. The lowest BCUT2D eigenvalue weighted by molar-refractivity contribution is -0.116. The van der Waals surface area contributed by atoms with Crippen LogP contribution in [0.25, 0.3) is 0 Å². The lowest BCUT2D eigenvalue weighted by atomic mass is 9.57. The third kappa shape index (κ3) is 4.35. The van der Waals surface area contributed by atoms with Crippen molar-refractivity contribution in [1.29, 1.82) is 0 Å². The Hall–Kier alpha value is -1.55. The van der Waals surface area contributed by atoms with Gasteiger partial charge in [-0.05, 0) is 88.8 Å². The van der Waals surface area contributed by atoms with Crippen molar-refractivity contribution in [2.45, 2.75) is 76.9 Å². The Balaban J connectivity index is 1.58. The molecule has 0 atom stereocenters. The molecule has 0 heterocycles. The Labute approximate surface area is 151 Å². The molecule has 0 unspecified atom stereocenters. The van der Waals surface area contributed by atoms with Crippen molar-refractivity contribution in [3.8, 4) is 0 Å². The maximum Gasteiger partial charge on any atom is 0.412 e. The molecule has 3 saturated carbocycles. The summed E-state index contributed by atoms with van der Waals surface area (Å²) in [6, 6.07) is 8.21. The van der Waals surface area contributed by atoms with Crippen molar-refractivity contribution in [3.05, 3.63) is 29.8 Å². The van der Waals surface area contributed by atoms with Gasteiger partial charge in [-0.2, -0.15) is 0 Å². The van der Waals surface area contributed by atoms with Gasteiger partial charge in [0.05, 0.1) is 5.60 Å². The van der Waals surface area contributed by atoms with Gasteiger partial charge >= 0.3 is 6.09 Å². The minimum absolute atomic E-state index is 0.170. The third-order valence-electron chi connectivity index (χ3n) is 5.94. The molecule has 0 aromatic heterocycles. The van der Waals surface area contributed by atoms with Crippen LogP contribution in [0.2, 0.25) is 0 Å². The number of rotatable bonds is 4. The van der Waals surface area contributed by atoms with Crippen molar-refractivity contribution in [1.82, 2.24) is 0 Å². The van der Waals surface area contributed by atoms with Crippen LogP contribution in [0, 0.1) is 5.41 Å². The largest absolute Gasteiger partial charge is 0.444 e. The van der Waals surface area contributed by atoms with Crippen LogP contribution in [0.3, 0.4) is 0 Å². The van der Waals surface area contributed by atoms with Gasteiger partial charge < -0.3 is 9.47 Å². The predicted molar refractivity (Wildman–Crippen MR) is 99.9 cm³/mol. The molecule has 25 heavy (non-hydrogen) atoms. The van der Waals surface area contributed by atoms with Crippen LogP contribution in [-0.4, -0.2) is 24.4 Å². The molecule has 1 aromatic rings. The standard InChI is InChI=1S/C21H31NO3/c1-19(2,3)25-18(23)22-17-7-5-16(6-8-17)15-20-9-12-21(24-4,13-10-20)14-11-20/h5-8H,9-15H2,1-4H3,(H,22,23). The molecule has 1 N–H and O–H groups in total. The third-order valence-corrected chi connectivity index (χ3v) is 5.94. The number of ether oxygens (including phenoxy) is 2. The van der Waals surface area contributed by atoms with E-state index < -0.39 is 11.7 Å². The molecule has 3 aliphatic carbocycles. The van der Waals surface area contributed by atoms with Gasteiger partial charge in [0, 0.05) is 12.8 Å². The molecule has 1 amide bonds. The van der Waals surface area contributed by atoms with Gasteiger partial charge in [0.1, 0.15) is 5.60 Å². The van der Waals surface area contributed by atoms with Crippen LogP contribution in [-0.2, 0) is 15.9 Å². The number of anilines is 1. The van der Waals surface area contributed by atoms with Crippen molar-refractivity contribution in [3.63, 3.8) is 0 Å². The number of benzene rings is 1.